The first kappa shape index (κ1) is 10.8. The van der Waals surface area contributed by atoms with Crippen LogP contribution in [0.15, 0.2) is 24.3 Å². The van der Waals surface area contributed by atoms with E-state index in [0.29, 0.717) is 5.56 Å². The van der Waals surface area contributed by atoms with Crippen LogP contribution in [0.3, 0.4) is 0 Å². The molecule has 0 saturated heterocycles. The molecule has 0 bridgehead atoms. The van der Waals surface area contributed by atoms with E-state index in [1.54, 1.807) is 25.1 Å². The van der Waals surface area contributed by atoms with Crippen LogP contribution in [0.25, 0.3) is 0 Å². The van der Waals surface area contributed by atoms with E-state index in [0.717, 1.165) is 5.56 Å². The molecule has 0 N–H and O–H groups in total. The summed E-state index contributed by atoms with van der Waals surface area (Å²) in [7, 11) is 0. The first-order valence-electron chi connectivity index (χ1n) is 3.60. The Kier molecular flexibility index (Phi) is 3.23. The predicted octanol–water partition coefficient (Wildman–Crippen LogP) is 3.55. The van der Waals surface area contributed by atoms with E-state index in [-0.39, 0.29) is 0 Å². The number of hydrogen-bond acceptors (Lipinski definition) is 1. The van der Waals surface area contributed by atoms with Crippen LogP contribution in [0, 0.1) is 6.92 Å². The molecule has 1 aromatic carbocycles. The zero-order chi connectivity index (χ0) is 10.1. The van der Waals surface area contributed by atoms with E-state index in [9.17, 15) is 4.79 Å². The molecule has 0 aliphatic carbocycles. The second-order valence-electron chi connectivity index (χ2n) is 2.64. The Morgan fingerprint density at radius 1 is 1.23 bits per heavy atom. The molecule has 0 unspecified atom stereocenters. The van der Waals surface area contributed by atoms with Gasteiger partial charge in [-0.05, 0) is 12.5 Å². The molecule has 0 heterocycles. The molecule has 0 amide bonds. The minimum Gasteiger partial charge on any atom is -0.289 e. The summed E-state index contributed by atoms with van der Waals surface area (Å²) in [5.74, 6) is -0.490. The Labute approximate surface area is 91.6 Å². The van der Waals surface area contributed by atoms with E-state index in [4.69, 9.17) is 34.8 Å². The Morgan fingerprint density at radius 2 is 1.77 bits per heavy atom. The Balaban J connectivity index is 3.10. The quantitative estimate of drug-likeness (QED) is 0.539. The fourth-order valence-corrected chi connectivity index (χ4v) is 1.29. The molecule has 1 rings (SSSR count). The van der Waals surface area contributed by atoms with Crippen LogP contribution in [0.4, 0.5) is 0 Å². The van der Waals surface area contributed by atoms with Crippen molar-refractivity contribution in [2.45, 2.75) is 10.7 Å². The van der Waals surface area contributed by atoms with Gasteiger partial charge in [0.25, 0.3) is 3.79 Å². The van der Waals surface area contributed by atoms with Gasteiger partial charge in [-0.15, -0.1) is 0 Å². The van der Waals surface area contributed by atoms with Crippen LogP contribution in [-0.4, -0.2) is 9.58 Å². The van der Waals surface area contributed by atoms with Crippen molar-refractivity contribution in [2.75, 3.05) is 0 Å². The average Bonchev–Trinajstić information content (AvgIpc) is 2.02. The Morgan fingerprint density at radius 3 is 2.23 bits per heavy atom. The topological polar surface area (TPSA) is 17.1 Å². The smallest absolute Gasteiger partial charge is 0.253 e. The zero-order valence-electron chi connectivity index (χ0n) is 6.85. The average molecular weight is 238 g/mol. The fraction of sp³-hybridized carbons (Fsp3) is 0.222. The van der Waals surface area contributed by atoms with Gasteiger partial charge in [-0.3, -0.25) is 4.79 Å². The summed E-state index contributed by atoms with van der Waals surface area (Å²) >= 11 is 16.4. The van der Waals surface area contributed by atoms with Crippen LogP contribution in [0.1, 0.15) is 15.9 Å². The molecule has 1 aromatic rings. The Bertz CT molecular complexity index is 328. The molecule has 0 aromatic heterocycles. The second kappa shape index (κ2) is 3.87. The lowest BCUT2D eigenvalue weighted by Gasteiger charge is -2.10. The molecule has 0 aliphatic heterocycles. The van der Waals surface area contributed by atoms with Gasteiger partial charge in [0.05, 0.1) is 0 Å². The molecule has 0 aliphatic rings. The Hall–Kier alpha value is -0.240. The number of rotatable bonds is 1. The van der Waals surface area contributed by atoms with E-state index in [1.165, 1.54) is 0 Å². The lowest BCUT2D eigenvalue weighted by Crippen LogP contribution is -2.19. The van der Waals surface area contributed by atoms with Gasteiger partial charge in [0, 0.05) is 5.56 Å². The molecule has 0 radical (unpaired) electrons. The van der Waals surface area contributed by atoms with Gasteiger partial charge in [0.15, 0.2) is 0 Å². The third kappa shape index (κ3) is 2.60. The first-order chi connectivity index (χ1) is 5.93. The van der Waals surface area contributed by atoms with E-state index in [2.05, 4.69) is 0 Å². The van der Waals surface area contributed by atoms with Crippen LogP contribution in [0.5, 0.6) is 0 Å². The van der Waals surface area contributed by atoms with Crippen molar-refractivity contribution in [1.82, 2.24) is 0 Å². The molecule has 0 fully saturated rings. The molecule has 4 heteroatoms. The number of hydrogen-bond donors (Lipinski definition) is 0. The number of aryl methyl sites for hydroxylation is 1. The van der Waals surface area contributed by atoms with E-state index in [1.807, 2.05) is 6.07 Å². The second-order valence-corrected chi connectivity index (χ2v) is 4.92. The minimum atomic E-state index is -1.87. The van der Waals surface area contributed by atoms with Gasteiger partial charge < -0.3 is 0 Å². The number of carbonyl (C=O) groups is 1. The summed E-state index contributed by atoms with van der Waals surface area (Å²) in [5, 5.41) is 0. The van der Waals surface area contributed by atoms with Gasteiger partial charge in [-0.1, -0.05) is 59.1 Å². The van der Waals surface area contributed by atoms with Gasteiger partial charge in [-0.2, -0.15) is 0 Å². The molecule has 0 saturated carbocycles. The molecule has 0 atom stereocenters. The summed E-state index contributed by atoms with van der Waals surface area (Å²) in [6, 6.07) is 6.99. The summed E-state index contributed by atoms with van der Waals surface area (Å²) in [6.07, 6.45) is 0. The third-order valence-corrected chi connectivity index (χ3v) is 2.16. The largest absolute Gasteiger partial charge is 0.289 e. The van der Waals surface area contributed by atoms with Crippen LogP contribution in [0.2, 0.25) is 0 Å². The van der Waals surface area contributed by atoms with Crippen molar-refractivity contribution in [2.24, 2.45) is 0 Å². The SMILES string of the molecule is Cc1ccccc1C(=O)C(Cl)(Cl)Cl. The maximum absolute atomic E-state index is 11.5. The van der Waals surface area contributed by atoms with Crippen molar-refractivity contribution in [3.05, 3.63) is 35.4 Å². The third-order valence-electron chi connectivity index (χ3n) is 1.65. The summed E-state index contributed by atoms with van der Waals surface area (Å²) in [5.41, 5.74) is 1.25. The predicted molar refractivity (Wildman–Crippen MR) is 55.8 cm³/mol. The van der Waals surface area contributed by atoms with Gasteiger partial charge >= 0.3 is 0 Å². The van der Waals surface area contributed by atoms with Crippen LogP contribution < -0.4 is 0 Å². The van der Waals surface area contributed by atoms with Crippen molar-refractivity contribution in [3.63, 3.8) is 0 Å². The molecule has 0 spiro atoms. The highest BCUT2D eigenvalue weighted by Gasteiger charge is 2.32. The van der Waals surface area contributed by atoms with Gasteiger partial charge in [0.2, 0.25) is 5.78 Å². The van der Waals surface area contributed by atoms with Crippen molar-refractivity contribution < 1.29 is 4.79 Å². The first-order valence-corrected chi connectivity index (χ1v) is 4.73. The lowest BCUT2D eigenvalue weighted by molar-refractivity contribution is 0.0996. The fourth-order valence-electron chi connectivity index (χ4n) is 0.980. The zero-order valence-corrected chi connectivity index (χ0v) is 9.12. The van der Waals surface area contributed by atoms with Crippen molar-refractivity contribution in [1.29, 1.82) is 0 Å². The normalized spacial score (nSPS) is 11.4. The van der Waals surface area contributed by atoms with Crippen LogP contribution >= 0.6 is 34.8 Å². The maximum Gasteiger partial charge on any atom is 0.253 e. The molecule has 1 nitrogen and oxygen atoms in total. The van der Waals surface area contributed by atoms with Gasteiger partial charge in [-0.25, -0.2) is 0 Å². The number of alkyl halides is 3. The van der Waals surface area contributed by atoms with Crippen molar-refractivity contribution >= 4 is 40.6 Å². The van der Waals surface area contributed by atoms with Crippen LogP contribution in [-0.2, 0) is 0 Å². The van der Waals surface area contributed by atoms with Crippen molar-refractivity contribution in [3.8, 4) is 0 Å². The highest BCUT2D eigenvalue weighted by molar-refractivity contribution is 6.77. The monoisotopic (exact) mass is 236 g/mol. The number of benzene rings is 1. The summed E-state index contributed by atoms with van der Waals surface area (Å²) in [6.45, 7) is 1.80. The number of halogens is 3. The lowest BCUT2D eigenvalue weighted by atomic mass is 10.1. The van der Waals surface area contributed by atoms with E-state index < -0.39 is 9.58 Å². The number of carbonyl (C=O) groups excluding carboxylic acids is 1. The highest BCUT2D eigenvalue weighted by atomic mass is 35.6. The number of ketones is 1. The highest BCUT2D eigenvalue weighted by Crippen LogP contribution is 2.31. The molecule has 70 valence electrons. The minimum absolute atomic E-state index is 0.447. The van der Waals surface area contributed by atoms with Gasteiger partial charge in [0.1, 0.15) is 0 Å². The standard InChI is InChI=1S/C9H7Cl3O/c1-6-4-2-3-5-7(6)8(13)9(10,11)12/h2-5H,1H3. The number of Topliss-reactive ketones (excluding diaryl/α,β-unsaturated/α-hetero) is 1. The molecular formula is C9H7Cl3O. The maximum atomic E-state index is 11.5. The molecule has 13 heavy (non-hydrogen) atoms. The summed E-state index contributed by atoms with van der Waals surface area (Å²) in [4.78, 5) is 11.5. The van der Waals surface area contributed by atoms with E-state index >= 15 is 0 Å². The molecular weight excluding hydrogens is 230 g/mol. The summed E-state index contributed by atoms with van der Waals surface area (Å²) < 4.78 is -1.87.